The first-order valence-electron chi connectivity index (χ1n) is 7.54. The van der Waals surface area contributed by atoms with Gasteiger partial charge in [-0.05, 0) is 29.7 Å². The Kier molecular flexibility index (Phi) is 2.91. The van der Waals surface area contributed by atoms with E-state index in [2.05, 4.69) is 0 Å². The van der Waals surface area contributed by atoms with Gasteiger partial charge in [-0.1, -0.05) is 0 Å². The first-order valence-corrected chi connectivity index (χ1v) is 7.54. The molecule has 0 saturated carbocycles. The Hall–Kier alpha value is -2.08. The number of carbonyl (C=O) groups is 2. The fourth-order valence-electron chi connectivity index (χ4n) is 3.48. The predicted molar refractivity (Wildman–Crippen MR) is 75.4 cm³/mol. The van der Waals surface area contributed by atoms with Crippen LogP contribution in [0.2, 0.25) is 0 Å². The molecule has 4 rings (SSSR count). The van der Waals surface area contributed by atoms with Gasteiger partial charge in [-0.25, -0.2) is 0 Å². The van der Waals surface area contributed by atoms with Crippen LogP contribution < -0.4 is 9.47 Å². The maximum atomic E-state index is 12.6. The zero-order valence-electron chi connectivity index (χ0n) is 12.1. The minimum Gasteiger partial charge on any atom is -0.454 e. The standard InChI is InChI=1S/C16H17NO5/c18-14-2-1-3-15(19)17-5-4-16(14,20)11-7-13-12(21-9-22-13)6-10(11)8-17/h6-7,20H,1-5,8-9H2. The van der Waals surface area contributed by atoms with Crippen molar-refractivity contribution in [3.63, 3.8) is 0 Å². The maximum Gasteiger partial charge on any atom is 0.231 e. The van der Waals surface area contributed by atoms with Crippen LogP contribution in [0.4, 0.5) is 0 Å². The van der Waals surface area contributed by atoms with E-state index in [0.717, 1.165) is 5.56 Å². The summed E-state index contributed by atoms with van der Waals surface area (Å²) < 4.78 is 10.8. The number of rotatable bonds is 0. The van der Waals surface area contributed by atoms with Crippen LogP contribution in [-0.2, 0) is 21.7 Å². The molecule has 1 atom stereocenters. The van der Waals surface area contributed by atoms with E-state index >= 15 is 0 Å². The zero-order chi connectivity index (χ0) is 15.3. The molecule has 3 heterocycles. The predicted octanol–water partition coefficient (Wildman–Crippen LogP) is 1.09. The van der Waals surface area contributed by atoms with Gasteiger partial charge in [0.15, 0.2) is 17.3 Å². The lowest BCUT2D eigenvalue weighted by atomic mass is 9.82. The lowest BCUT2D eigenvalue weighted by Gasteiger charge is -2.27. The number of benzene rings is 1. The molecule has 116 valence electrons. The molecule has 1 saturated heterocycles. The molecule has 0 aromatic heterocycles. The Morgan fingerprint density at radius 2 is 1.91 bits per heavy atom. The molecule has 3 aliphatic rings. The van der Waals surface area contributed by atoms with Gasteiger partial charge in [-0.2, -0.15) is 0 Å². The van der Waals surface area contributed by atoms with Crippen LogP contribution in [0, 0.1) is 0 Å². The Balaban J connectivity index is 1.91. The highest BCUT2D eigenvalue weighted by atomic mass is 16.7. The van der Waals surface area contributed by atoms with Crippen LogP contribution in [0.15, 0.2) is 12.1 Å². The molecular formula is C16H17NO5. The maximum absolute atomic E-state index is 12.6. The molecule has 6 heteroatoms. The van der Waals surface area contributed by atoms with Gasteiger partial charge in [0.05, 0.1) is 0 Å². The molecule has 6 nitrogen and oxygen atoms in total. The van der Waals surface area contributed by atoms with Crippen LogP contribution in [-0.4, -0.2) is 35.0 Å². The summed E-state index contributed by atoms with van der Waals surface area (Å²) in [6.45, 7) is 0.899. The molecule has 3 aliphatic heterocycles. The SMILES string of the molecule is O=C1CCCC(=O)C2(O)CCN1Cc1cc3c(cc12)OCO3. The van der Waals surface area contributed by atoms with Gasteiger partial charge < -0.3 is 19.5 Å². The van der Waals surface area contributed by atoms with Crippen molar-refractivity contribution < 1.29 is 24.2 Å². The highest BCUT2D eigenvalue weighted by Gasteiger charge is 2.43. The first-order chi connectivity index (χ1) is 10.6. The number of amides is 1. The van der Waals surface area contributed by atoms with Crippen molar-refractivity contribution in [3.8, 4) is 11.5 Å². The molecule has 2 bridgehead atoms. The molecule has 0 aliphatic carbocycles. The number of fused-ring (bicyclic) bond motifs is 6. The fourth-order valence-corrected chi connectivity index (χ4v) is 3.48. The molecule has 0 radical (unpaired) electrons. The minimum absolute atomic E-state index is 0.0302. The number of hydrogen-bond acceptors (Lipinski definition) is 5. The van der Waals surface area contributed by atoms with Crippen molar-refractivity contribution in [2.24, 2.45) is 0 Å². The molecule has 22 heavy (non-hydrogen) atoms. The topological polar surface area (TPSA) is 76.1 Å². The van der Waals surface area contributed by atoms with Crippen molar-refractivity contribution in [1.82, 2.24) is 4.90 Å². The number of carbonyl (C=O) groups excluding carboxylic acids is 2. The van der Waals surface area contributed by atoms with Crippen LogP contribution >= 0.6 is 0 Å². The number of ketones is 1. The smallest absolute Gasteiger partial charge is 0.231 e. The van der Waals surface area contributed by atoms with Crippen molar-refractivity contribution in [3.05, 3.63) is 23.3 Å². The fraction of sp³-hybridized carbons (Fsp3) is 0.500. The molecule has 0 spiro atoms. The average Bonchev–Trinajstić information content (AvgIpc) is 2.91. The van der Waals surface area contributed by atoms with E-state index in [1.54, 1.807) is 17.0 Å². The van der Waals surface area contributed by atoms with Crippen molar-refractivity contribution in [2.45, 2.75) is 37.8 Å². The minimum atomic E-state index is -1.55. The molecule has 1 N–H and O–H groups in total. The van der Waals surface area contributed by atoms with Crippen LogP contribution in [0.25, 0.3) is 0 Å². The Bertz CT molecular complexity index is 671. The highest BCUT2D eigenvalue weighted by Crippen LogP contribution is 2.43. The summed E-state index contributed by atoms with van der Waals surface area (Å²) in [4.78, 5) is 26.5. The van der Waals surface area contributed by atoms with Crippen molar-refractivity contribution >= 4 is 11.7 Å². The lowest BCUT2D eigenvalue weighted by Crippen LogP contribution is -2.37. The Labute approximate surface area is 127 Å². The van der Waals surface area contributed by atoms with Gasteiger partial charge in [0.25, 0.3) is 0 Å². The Morgan fingerprint density at radius 1 is 1.14 bits per heavy atom. The van der Waals surface area contributed by atoms with Crippen LogP contribution in [0.1, 0.15) is 36.8 Å². The second-order valence-electron chi connectivity index (χ2n) is 6.06. The van der Waals surface area contributed by atoms with Gasteiger partial charge >= 0.3 is 0 Å². The quantitative estimate of drug-likeness (QED) is 0.776. The van der Waals surface area contributed by atoms with Gasteiger partial charge in [0.1, 0.15) is 5.60 Å². The number of ether oxygens (including phenoxy) is 2. The van der Waals surface area contributed by atoms with Crippen molar-refractivity contribution in [2.75, 3.05) is 13.3 Å². The number of nitrogens with zero attached hydrogens (tertiary/aromatic N) is 1. The first kappa shape index (κ1) is 13.6. The van der Waals surface area contributed by atoms with E-state index in [4.69, 9.17) is 9.47 Å². The summed E-state index contributed by atoms with van der Waals surface area (Å²) in [6, 6.07) is 3.48. The van der Waals surface area contributed by atoms with Crippen LogP contribution in [0.3, 0.4) is 0 Å². The van der Waals surface area contributed by atoms with Crippen molar-refractivity contribution in [1.29, 1.82) is 0 Å². The molecule has 1 fully saturated rings. The third kappa shape index (κ3) is 1.90. The largest absolute Gasteiger partial charge is 0.454 e. The van der Waals surface area contributed by atoms with E-state index in [1.165, 1.54) is 0 Å². The Morgan fingerprint density at radius 3 is 2.73 bits per heavy atom. The molecule has 1 unspecified atom stereocenters. The second kappa shape index (κ2) is 4.71. The van der Waals surface area contributed by atoms with E-state index in [1.807, 2.05) is 0 Å². The average molecular weight is 303 g/mol. The van der Waals surface area contributed by atoms with Gasteiger partial charge in [-0.15, -0.1) is 0 Å². The molecule has 1 amide bonds. The highest BCUT2D eigenvalue weighted by molar-refractivity contribution is 5.90. The van der Waals surface area contributed by atoms with E-state index in [-0.39, 0.29) is 31.3 Å². The summed E-state index contributed by atoms with van der Waals surface area (Å²) in [5.74, 6) is 0.952. The zero-order valence-corrected chi connectivity index (χ0v) is 12.1. The summed E-state index contributed by atoms with van der Waals surface area (Å²) in [7, 11) is 0. The van der Waals surface area contributed by atoms with Gasteiger partial charge in [-0.3, -0.25) is 9.59 Å². The van der Waals surface area contributed by atoms with Gasteiger partial charge in [0.2, 0.25) is 12.7 Å². The normalized spacial score (nSPS) is 27.0. The van der Waals surface area contributed by atoms with Crippen LogP contribution in [0.5, 0.6) is 11.5 Å². The second-order valence-corrected chi connectivity index (χ2v) is 6.06. The van der Waals surface area contributed by atoms with E-state index < -0.39 is 5.60 Å². The number of aliphatic hydroxyl groups is 1. The van der Waals surface area contributed by atoms with E-state index in [0.29, 0.717) is 43.0 Å². The third-order valence-electron chi connectivity index (χ3n) is 4.76. The summed E-state index contributed by atoms with van der Waals surface area (Å²) in [6.07, 6.45) is 1.27. The van der Waals surface area contributed by atoms with Gasteiger partial charge in [0, 0.05) is 32.4 Å². The number of Topliss-reactive ketones (excluding diaryl/α,β-unsaturated/α-hetero) is 1. The molecule has 1 aromatic rings. The van der Waals surface area contributed by atoms with E-state index in [9.17, 15) is 14.7 Å². The monoisotopic (exact) mass is 303 g/mol. The molecular weight excluding hydrogens is 286 g/mol. The molecule has 1 aromatic carbocycles. The lowest BCUT2D eigenvalue weighted by molar-refractivity contribution is -0.139. The summed E-state index contributed by atoms with van der Waals surface area (Å²) >= 11 is 0. The summed E-state index contributed by atoms with van der Waals surface area (Å²) in [5.41, 5.74) is -0.234. The summed E-state index contributed by atoms with van der Waals surface area (Å²) in [5, 5.41) is 11.1. The third-order valence-corrected chi connectivity index (χ3v) is 4.76. The number of hydrogen-bond donors (Lipinski definition) is 1.